The monoisotopic (exact) mass is 694 g/mol. The molecule has 44 heavy (non-hydrogen) atoms. The van der Waals surface area contributed by atoms with Crippen molar-refractivity contribution < 1.29 is 29.7 Å². The Bertz CT molecular complexity index is 1650. The van der Waals surface area contributed by atoms with Gasteiger partial charge in [-0.05, 0) is 50.5 Å². The average Bonchev–Trinajstić information content (AvgIpc) is 3.04. The van der Waals surface area contributed by atoms with Gasteiger partial charge in [-0.1, -0.05) is 109 Å². The average molecular weight is 693 g/mol. The minimum absolute atomic E-state index is 0.359. The first kappa shape index (κ1) is 33.8. The van der Waals surface area contributed by atoms with E-state index in [4.69, 9.17) is 15.3 Å². The Morgan fingerprint density at radius 1 is 0.477 bits per heavy atom. The van der Waals surface area contributed by atoms with E-state index in [2.05, 4.69) is 13.8 Å². The van der Waals surface area contributed by atoms with Crippen molar-refractivity contribution in [2.45, 2.75) is 18.3 Å². The van der Waals surface area contributed by atoms with E-state index in [1.54, 1.807) is 36.4 Å². The summed E-state index contributed by atoms with van der Waals surface area (Å²) >= 11 is 1.43. The third-order valence-electron chi connectivity index (χ3n) is 6.53. The smallest absolute Gasteiger partial charge is 0.336 e. The van der Waals surface area contributed by atoms with Crippen LogP contribution < -0.4 is 0 Å². The number of carboxylic acid groups (broad SMARTS) is 3. The molecule has 0 spiro atoms. The molecule has 6 rings (SSSR count). The number of carbonyl (C=O) groups is 3. The van der Waals surface area contributed by atoms with Crippen molar-refractivity contribution in [3.05, 3.63) is 144 Å². The van der Waals surface area contributed by atoms with Gasteiger partial charge >= 0.3 is 64.6 Å². The van der Waals surface area contributed by atoms with Crippen molar-refractivity contribution in [3.63, 3.8) is 0 Å². The van der Waals surface area contributed by atoms with Gasteiger partial charge < -0.3 is 15.3 Å². The molecule has 6 nitrogen and oxygen atoms in total. The molecule has 7 heteroatoms. The molecule has 0 aliphatic heterocycles. The molecular formula is C37H34O6Sn. The Morgan fingerprint density at radius 3 is 0.932 bits per heavy atom. The summed E-state index contributed by atoms with van der Waals surface area (Å²) in [7, 11) is 0. The quantitative estimate of drug-likeness (QED) is 0.160. The molecule has 0 amide bonds. The Hall–Kier alpha value is -4.69. The van der Waals surface area contributed by atoms with Crippen LogP contribution in [0.15, 0.2) is 127 Å². The van der Waals surface area contributed by atoms with Crippen LogP contribution in [0.2, 0.25) is 4.44 Å². The van der Waals surface area contributed by atoms with Crippen LogP contribution >= 0.6 is 0 Å². The van der Waals surface area contributed by atoms with Crippen molar-refractivity contribution in [1.29, 1.82) is 0 Å². The van der Waals surface area contributed by atoms with E-state index >= 15 is 0 Å². The summed E-state index contributed by atoms with van der Waals surface area (Å²) in [6.45, 7) is 4.51. The third kappa shape index (κ3) is 9.41. The van der Waals surface area contributed by atoms with Gasteiger partial charge in [-0.3, -0.25) is 0 Å². The summed E-state index contributed by atoms with van der Waals surface area (Å²) in [4.78, 5) is 32.4. The van der Waals surface area contributed by atoms with Gasteiger partial charge in [0.2, 0.25) is 0 Å². The Labute approximate surface area is 269 Å². The third-order valence-corrected chi connectivity index (χ3v) is 9.22. The molecule has 0 aliphatic carbocycles. The molecule has 0 fully saturated rings. The van der Waals surface area contributed by atoms with Crippen molar-refractivity contribution in [2.24, 2.45) is 5.92 Å². The van der Waals surface area contributed by atoms with Gasteiger partial charge in [0.25, 0.3) is 0 Å². The maximum Gasteiger partial charge on any atom is 0.336 e. The van der Waals surface area contributed by atoms with Gasteiger partial charge in [0.05, 0.1) is 16.7 Å². The Balaban J connectivity index is 0.000000168. The molecule has 0 heterocycles. The first-order chi connectivity index (χ1) is 21.1. The molecule has 0 saturated carbocycles. The van der Waals surface area contributed by atoms with Gasteiger partial charge in [0.1, 0.15) is 0 Å². The van der Waals surface area contributed by atoms with Crippen LogP contribution in [0.4, 0.5) is 0 Å². The molecule has 222 valence electrons. The Morgan fingerprint density at radius 2 is 0.705 bits per heavy atom. The summed E-state index contributed by atoms with van der Waals surface area (Å²) in [5.74, 6) is -1.69. The van der Waals surface area contributed by atoms with E-state index in [0.29, 0.717) is 16.7 Å². The van der Waals surface area contributed by atoms with Crippen LogP contribution in [0.3, 0.4) is 0 Å². The van der Waals surface area contributed by atoms with Crippen molar-refractivity contribution in [2.75, 3.05) is 0 Å². The van der Waals surface area contributed by atoms with E-state index in [0.717, 1.165) is 38.2 Å². The molecule has 0 atom stereocenters. The molecule has 3 N–H and O–H groups in total. The number of aromatic carboxylic acids is 3. The Kier molecular flexibility index (Phi) is 12.9. The van der Waals surface area contributed by atoms with Crippen molar-refractivity contribution >= 4 is 72.8 Å². The van der Waals surface area contributed by atoms with E-state index < -0.39 is 17.9 Å². The predicted octanol–water partition coefficient (Wildman–Crippen LogP) is 8.58. The molecule has 0 unspecified atom stereocenters. The van der Waals surface area contributed by atoms with Crippen LogP contribution in [-0.4, -0.2) is 55.8 Å². The first-order valence-corrected chi connectivity index (χ1v) is 16.3. The topological polar surface area (TPSA) is 112 Å². The second-order valence-electron chi connectivity index (χ2n) is 10.1. The summed E-state index contributed by atoms with van der Waals surface area (Å²) in [5.41, 5.74) is 1.08. The molecule has 2 radical (unpaired) electrons. The second-order valence-corrected chi connectivity index (χ2v) is 11.5. The fraction of sp³-hybridized carbons (Fsp3) is 0.108. The standard InChI is InChI=1S/3C11H8O2.C4H9.Sn.H/c3*12-11(13)10-7-3-5-8-4-1-2-6-9(8)10;1-4(2)3;;/h3*1-7H,(H,12,13);4H,1H2,2-3H3;;. The molecular weight excluding hydrogens is 659 g/mol. The minimum atomic E-state index is -0.878. The number of benzene rings is 6. The van der Waals surface area contributed by atoms with Crippen LogP contribution in [0, 0.1) is 5.92 Å². The SMILES string of the molecule is CC(C)[CH2][SnH].O=C(O)c1cccc2ccccc12.O=C(O)c1cccc2ccccc12.O=C(O)c1cccc2ccccc12. The van der Waals surface area contributed by atoms with E-state index in [-0.39, 0.29) is 0 Å². The molecule has 0 aromatic heterocycles. The van der Waals surface area contributed by atoms with Gasteiger partial charge in [0, 0.05) is 0 Å². The summed E-state index contributed by atoms with van der Waals surface area (Å²) in [6.07, 6.45) is 0. The summed E-state index contributed by atoms with van der Waals surface area (Å²) in [6, 6.07) is 38.2. The number of hydrogen-bond donors (Lipinski definition) is 3. The molecule has 6 aromatic rings. The zero-order valence-electron chi connectivity index (χ0n) is 24.6. The van der Waals surface area contributed by atoms with E-state index in [9.17, 15) is 14.4 Å². The predicted molar refractivity (Wildman–Crippen MR) is 180 cm³/mol. The largest absolute Gasteiger partial charge is 0.478 e. The first-order valence-electron chi connectivity index (χ1n) is 14.0. The second kappa shape index (κ2) is 16.8. The van der Waals surface area contributed by atoms with Crippen LogP contribution in [-0.2, 0) is 0 Å². The normalized spacial score (nSPS) is 10.1. The summed E-state index contributed by atoms with van der Waals surface area (Å²) in [5, 5.41) is 31.9. The van der Waals surface area contributed by atoms with Crippen molar-refractivity contribution in [3.8, 4) is 0 Å². The number of rotatable bonds is 4. The number of carboxylic acids is 3. The molecule has 0 bridgehead atoms. The fourth-order valence-electron chi connectivity index (χ4n) is 4.24. The minimum Gasteiger partial charge on any atom is -0.478 e. The number of hydrogen-bond acceptors (Lipinski definition) is 3. The van der Waals surface area contributed by atoms with Crippen LogP contribution in [0.25, 0.3) is 32.3 Å². The summed E-state index contributed by atoms with van der Waals surface area (Å²) < 4.78 is 1.44. The maximum atomic E-state index is 10.8. The molecule has 0 aliphatic rings. The van der Waals surface area contributed by atoms with Gasteiger partial charge in [0.15, 0.2) is 0 Å². The van der Waals surface area contributed by atoms with Crippen molar-refractivity contribution in [1.82, 2.24) is 0 Å². The zero-order chi connectivity index (χ0) is 32.1. The van der Waals surface area contributed by atoms with Gasteiger partial charge in [-0.15, -0.1) is 0 Å². The van der Waals surface area contributed by atoms with Gasteiger partial charge in [-0.2, -0.15) is 0 Å². The molecule has 6 aromatic carbocycles. The zero-order valence-corrected chi connectivity index (χ0v) is 27.8. The van der Waals surface area contributed by atoms with Crippen LogP contribution in [0.5, 0.6) is 0 Å². The van der Waals surface area contributed by atoms with E-state index in [1.807, 2.05) is 91.0 Å². The van der Waals surface area contributed by atoms with Crippen LogP contribution in [0.1, 0.15) is 44.9 Å². The van der Waals surface area contributed by atoms with E-state index in [1.165, 1.54) is 27.0 Å². The fourth-order valence-corrected chi connectivity index (χ4v) is 4.24. The molecule has 0 saturated heterocycles. The number of fused-ring (bicyclic) bond motifs is 3. The van der Waals surface area contributed by atoms with Gasteiger partial charge in [-0.25, -0.2) is 14.4 Å². The maximum absolute atomic E-state index is 10.8.